The van der Waals surface area contributed by atoms with Gasteiger partial charge in [-0.25, -0.2) is 9.50 Å². The first kappa shape index (κ1) is 22.9. The van der Waals surface area contributed by atoms with E-state index in [9.17, 15) is 18.0 Å². The second-order valence-corrected chi connectivity index (χ2v) is 9.10. The first-order chi connectivity index (χ1) is 16.1. The summed E-state index contributed by atoms with van der Waals surface area (Å²) >= 11 is 18.3. The van der Waals surface area contributed by atoms with E-state index in [-0.39, 0.29) is 34.6 Å². The minimum absolute atomic E-state index is 0.00445. The van der Waals surface area contributed by atoms with E-state index in [4.69, 9.17) is 34.8 Å². The van der Waals surface area contributed by atoms with Gasteiger partial charge in [-0.05, 0) is 36.6 Å². The maximum absolute atomic E-state index is 13.6. The van der Waals surface area contributed by atoms with Gasteiger partial charge in [-0.15, -0.1) is 0 Å². The van der Waals surface area contributed by atoms with Crippen LogP contribution in [-0.4, -0.2) is 30.3 Å². The molecule has 34 heavy (non-hydrogen) atoms. The van der Waals surface area contributed by atoms with Crippen LogP contribution in [0, 0.1) is 0 Å². The van der Waals surface area contributed by atoms with Crippen LogP contribution in [0.15, 0.2) is 36.5 Å². The molecule has 13 heteroatoms. The van der Waals surface area contributed by atoms with Crippen LogP contribution in [-0.2, 0) is 12.7 Å². The van der Waals surface area contributed by atoms with Gasteiger partial charge in [0.15, 0.2) is 17.2 Å². The summed E-state index contributed by atoms with van der Waals surface area (Å²) in [4.78, 5) is 17.0. The van der Waals surface area contributed by atoms with Crippen molar-refractivity contribution in [1.82, 2.24) is 24.4 Å². The van der Waals surface area contributed by atoms with E-state index >= 15 is 0 Å². The van der Waals surface area contributed by atoms with Crippen molar-refractivity contribution in [2.24, 2.45) is 0 Å². The molecule has 3 aromatic heterocycles. The molecule has 0 atom stereocenters. The van der Waals surface area contributed by atoms with Crippen molar-refractivity contribution < 1.29 is 18.0 Å². The van der Waals surface area contributed by atoms with E-state index in [2.05, 4.69) is 20.5 Å². The summed E-state index contributed by atoms with van der Waals surface area (Å²) in [6, 6.07) is 7.19. The van der Waals surface area contributed by atoms with Gasteiger partial charge in [-0.2, -0.15) is 23.4 Å². The average Bonchev–Trinajstić information content (AvgIpc) is 3.43. The quantitative estimate of drug-likeness (QED) is 0.340. The van der Waals surface area contributed by atoms with E-state index in [0.717, 1.165) is 24.5 Å². The second kappa shape index (κ2) is 8.44. The van der Waals surface area contributed by atoms with Crippen molar-refractivity contribution in [3.05, 3.63) is 74.2 Å². The van der Waals surface area contributed by atoms with E-state index < -0.39 is 17.8 Å². The van der Waals surface area contributed by atoms with Gasteiger partial charge in [0.25, 0.3) is 5.91 Å². The molecule has 1 N–H and O–H groups in total. The summed E-state index contributed by atoms with van der Waals surface area (Å²) in [5.41, 5.74) is -0.233. The number of nitrogens with zero attached hydrogens (tertiary/aromatic N) is 5. The molecule has 0 aliphatic heterocycles. The van der Waals surface area contributed by atoms with Crippen molar-refractivity contribution in [2.75, 3.05) is 5.32 Å². The topological polar surface area (TPSA) is 77.1 Å². The van der Waals surface area contributed by atoms with E-state index in [1.54, 1.807) is 18.2 Å². The molecule has 1 amide bonds. The van der Waals surface area contributed by atoms with Crippen LogP contribution in [0.25, 0.3) is 5.65 Å². The van der Waals surface area contributed by atoms with Gasteiger partial charge in [-0.1, -0.05) is 40.9 Å². The first-order valence-corrected chi connectivity index (χ1v) is 11.2. The van der Waals surface area contributed by atoms with Gasteiger partial charge in [0, 0.05) is 33.9 Å². The molecular formula is C21H14Cl3F3N6O. The zero-order valence-electron chi connectivity index (χ0n) is 17.1. The second-order valence-electron chi connectivity index (χ2n) is 7.85. The molecule has 1 aromatic carbocycles. The highest BCUT2D eigenvalue weighted by Gasteiger charge is 2.37. The molecule has 1 aliphatic rings. The highest BCUT2D eigenvalue weighted by Crippen LogP contribution is 2.41. The van der Waals surface area contributed by atoms with Crippen molar-refractivity contribution >= 4 is 52.2 Å². The Hall–Kier alpha value is -2.82. The standard InChI is InChI=1S/C21H14Cl3F3N6O/c22-12-4-3-11(13(23)5-12)8-32-9-14(24)19(31-32)29-20(34)16-7-18-28-15(10-1-2-10)6-17(21(25,26)27)33(18)30-16/h3-7,9-10H,1-2,8H2,(H,29,31,34). The Bertz CT molecular complexity index is 1430. The van der Waals surface area contributed by atoms with Crippen molar-refractivity contribution in [2.45, 2.75) is 31.5 Å². The molecule has 3 heterocycles. The number of anilines is 1. The molecule has 0 spiro atoms. The zero-order valence-corrected chi connectivity index (χ0v) is 19.3. The SMILES string of the molecule is O=C(Nc1nn(Cc2ccc(Cl)cc2Cl)cc1Cl)c1cc2nc(C3CC3)cc(C(F)(F)F)n2n1. The van der Waals surface area contributed by atoms with Gasteiger partial charge < -0.3 is 5.32 Å². The van der Waals surface area contributed by atoms with Crippen LogP contribution in [0.2, 0.25) is 15.1 Å². The first-order valence-electron chi connectivity index (χ1n) is 10.0. The molecule has 1 aliphatic carbocycles. The fourth-order valence-corrected chi connectivity index (χ4v) is 4.12. The average molecular weight is 530 g/mol. The van der Waals surface area contributed by atoms with Crippen molar-refractivity contribution in [1.29, 1.82) is 0 Å². The third-order valence-corrected chi connectivity index (χ3v) is 6.13. The summed E-state index contributed by atoms with van der Waals surface area (Å²) in [6.07, 6.45) is -1.61. The smallest absolute Gasteiger partial charge is 0.302 e. The summed E-state index contributed by atoms with van der Waals surface area (Å²) < 4.78 is 42.9. The molecular weight excluding hydrogens is 516 g/mol. The number of carbonyl (C=O) groups excluding carboxylic acids is 1. The van der Waals surface area contributed by atoms with Crippen molar-refractivity contribution in [3.8, 4) is 0 Å². The van der Waals surface area contributed by atoms with Crippen LogP contribution in [0.1, 0.15) is 46.2 Å². The number of hydrogen-bond donors (Lipinski definition) is 1. The Morgan fingerprint density at radius 3 is 2.53 bits per heavy atom. The summed E-state index contributed by atoms with van der Waals surface area (Å²) in [5, 5.41) is 11.6. The van der Waals surface area contributed by atoms with Crippen LogP contribution >= 0.6 is 34.8 Å². The molecule has 1 saturated carbocycles. The zero-order chi connectivity index (χ0) is 24.2. The van der Waals surface area contributed by atoms with Crippen LogP contribution in [0.3, 0.4) is 0 Å². The summed E-state index contributed by atoms with van der Waals surface area (Å²) in [6.45, 7) is 0.253. The largest absolute Gasteiger partial charge is 0.433 e. The van der Waals surface area contributed by atoms with Crippen LogP contribution in [0.5, 0.6) is 0 Å². The Morgan fingerprint density at radius 2 is 1.85 bits per heavy atom. The lowest BCUT2D eigenvalue weighted by Gasteiger charge is -2.10. The Labute approximate surface area is 205 Å². The van der Waals surface area contributed by atoms with Gasteiger partial charge >= 0.3 is 6.18 Å². The number of rotatable bonds is 5. The van der Waals surface area contributed by atoms with Crippen molar-refractivity contribution in [3.63, 3.8) is 0 Å². The minimum atomic E-state index is -4.66. The number of alkyl halides is 3. The fourth-order valence-electron chi connectivity index (χ4n) is 3.45. The van der Waals surface area contributed by atoms with E-state index in [0.29, 0.717) is 20.3 Å². The van der Waals surface area contributed by atoms with E-state index in [1.165, 1.54) is 16.9 Å². The minimum Gasteiger partial charge on any atom is -0.302 e. The predicted molar refractivity (Wildman–Crippen MR) is 121 cm³/mol. The third-order valence-electron chi connectivity index (χ3n) is 5.26. The number of aromatic nitrogens is 5. The molecule has 7 nitrogen and oxygen atoms in total. The number of hydrogen-bond acceptors (Lipinski definition) is 4. The lowest BCUT2D eigenvalue weighted by molar-refractivity contribution is -0.142. The Kier molecular flexibility index (Phi) is 5.70. The third kappa shape index (κ3) is 4.57. The Balaban J connectivity index is 1.40. The summed E-state index contributed by atoms with van der Waals surface area (Å²) in [5.74, 6) is -0.755. The number of benzene rings is 1. The maximum atomic E-state index is 13.6. The number of nitrogens with one attached hydrogen (secondary N) is 1. The number of fused-ring (bicyclic) bond motifs is 1. The molecule has 0 radical (unpaired) electrons. The predicted octanol–water partition coefficient (Wildman–Crippen LogP) is 6.08. The molecule has 0 bridgehead atoms. The molecule has 4 aromatic rings. The van der Waals surface area contributed by atoms with Gasteiger partial charge in [0.1, 0.15) is 10.7 Å². The lowest BCUT2D eigenvalue weighted by atomic mass is 10.2. The molecule has 0 saturated heterocycles. The maximum Gasteiger partial charge on any atom is 0.433 e. The molecule has 176 valence electrons. The van der Waals surface area contributed by atoms with E-state index in [1.807, 2.05) is 0 Å². The van der Waals surface area contributed by atoms with Crippen LogP contribution in [0.4, 0.5) is 19.0 Å². The lowest BCUT2D eigenvalue weighted by Crippen LogP contribution is -2.16. The number of carbonyl (C=O) groups is 1. The molecule has 5 rings (SSSR count). The van der Waals surface area contributed by atoms with Gasteiger partial charge in [-0.3, -0.25) is 9.48 Å². The molecule has 0 unspecified atom stereocenters. The number of halogens is 6. The normalized spacial score (nSPS) is 14.1. The van der Waals surface area contributed by atoms with Gasteiger partial charge in [0.05, 0.1) is 6.54 Å². The highest BCUT2D eigenvalue weighted by molar-refractivity contribution is 6.35. The number of amides is 1. The van der Waals surface area contributed by atoms with Crippen LogP contribution < -0.4 is 5.32 Å². The van der Waals surface area contributed by atoms with Gasteiger partial charge in [0.2, 0.25) is 0 Å². The Morgan fingerprint density at radius 1 is 1.09 bits per heavy atom. The fraction of sp³-hybridized carbons (Fsp3) is 0.238. The summed E-state index contributed by atoms with van der Waals surface area (Å²) in [7, 11) is 0. The monoisotopic (exact) mass is 528 g/mol. The highest BCUT2D eigenvalue weighted by atomic mass is 35.5. The molecule has 1 fully saturated rings.